The normalized spacial score (nSPS) is 20.3. The minimum atomic E-state index is -0.565. The van der Waals surface area contributed by atoms with Gasteiger partial charge in [-0.2, -0.15) is 0 Å². The SMILES string of the molecule is Cc1cc(C2=NOC(C)(c3cc(Cl)cc(Cl)c3)C2)ccc1CN. The largest absolute Gasteiger partial charge is 0.384 e. The summed E-state index contributed by atoms with van der Waals surface area (Å²) in [4.78, 5) is 5.75. The van der Waals surface area contributed by atoms with Gasteiger partial charge in [-0.1, -0.05) is 40.5 Å². The van der Waals surface area contributed by atoms with Crippen molar-refractivity contribution < 1.29 is 4.84 Å². The van der Waals surface area contributed by atoms with Gasteiger partial charge in [0.05, 0.1) is 5.71 Å². The Balaban J connectivity index is 1.88. The van der Waals surface area contributed by atoms with Gasteiger partial charge >= 0.3 is 0 Å². The predicted molar refractivity (Wildman–Crippen MR) is 95.1 cm³/mol. The Bertz CT molecular complexity index is 768. The first-order valence-electron chi connectivity index (χ1n) is 7.43. The third-order valence-electron chi connectivity index (χ3n) is 4.23. The van der Waals surface area contributed by atoms with E-state index in [1.165, 1.54) is 0 Å². The standard InChI is InChI=1S/C18H18Cl2N2O/c1-11-5-12(3-4-13(11)10-21)17-9-18(2,23-22-17)14-6-15(19)8-16(20)7-14/h3-8H,9-10,21H2,1-2H3. The minimum Gasteiger partial charge on any atom is -0.384 e. The highest BCUT2D eigenvalue weighted by Crippen LogP contribution is 2.38. The van der Waals surface area contributed by atoms with Crippen LogP contribution in [0.5, 0.6) is 0 Å². The van der Waals surface area contributed by atoms with Crippen molar-refractivity contribution in [3.63, 3.8) is 0 Å². The Hall–Kier alpha value is -1.55. The Morgan fingerprint density at radius 2 is 1.87 bits per heavy atom. The maximum atomic E-state index is 6.11. The summed E-state index contributed by atoms with van der Waals surface area (Å²) < 4.78 is 0. The number of hydrogen-bond acceptors (Lipinski definition) is 3. The summed E-state index contributed by atoms with van der Waals surface area (Å²) >= 11 is 12.2. The Labute approximate surface area is 146 Å². The highest BCUT2D eigenvalue weighted by atomic mass is 35.5. The fraction of sp³-hybridized carbons (Fsp3) is 0.278. The molecule has 0 fully saturated rings. The van der Waals surface area contributed by atoms with Crippen molar-refractivity contribution in [3.05, 3.63) is 68.7 Å². The first-order valence-corrected chi connectivity index (χ1v) is 8.18. The molecule has 0 saturated carbocycles. The van der Waals surface area contributed by atoms with Gasteiger partial charge in [0, 0.05) is 28.6 Å². The van der Waals surface area contributed by atoms with E-state index in [0.29, 0.717) is 23.0 Å². The molecule has 0 aromatic heterocycles. The fourth-order valence-electron chi connectivity index (χ4n) is 2.81. The molecule has 0 amide bonds. The molecule has 1 atom stereocenters. The zero-order valence-corrected chi connectivity index (χ0v) is 14.6. The number of halogens is 2. The molecule has 0 bridgehead atoms. The van der Waals surface area contributed by atoms with Gasteiger partial charge < -0.3 is 10.6 Å². The number of rotatable bonds is 3. The average Bonchev–Trinajstić information content (AvgIpc) is 2.90. The molecule has 23 heavy (non-hydrogen) atoms. The van der Waals surface area contributed by atoms with Crippen LogP contribution in [0.25, 0.3) is 0 Å². The van der Waals surface area contributed by atoms with Gasteiger partial charge in [-0.15, -0.1) is 0 Å². The fourth-order valence-corrected chi connectivity index (χ4v) is 3.34. The monoisotopic (exact) mass is 348 g/mol. The molecule has 3 nitrogen and oxygen atoms in total. The van der Waals surface area contributed by atoms with Crippen LogP contribution < -0.4 is 5.73 Å². The predicted octanol–water partition coefficient (Wildman–Crippen LogP) is 4.80. The maximum Gasteiger partial charge on any atom is 0.165 e. The molecule has 1 aliphatic rings. The van der Waals surface area contributed by atoms with Crippen LogP contribution >= 0.6 is 23.2 Å². The minimum absolute atomic E-state index is 0.536. The summed E-state index contributed by atoms with van der Waals surface area (Å²) in [6.07, 6.45) is 0.658. The number of benzene rings is 2. The average molecular weight is 349 g/mol. The van der Waals surface area contributed by atoms with E-state index < -0.39 is 5.60 Å². The second-order valence-corrected chi connectivity index (χ2v) is 6.91. The molecular formula is C18H18Cl2N2O. The zero-order chi connectivity index (χ0) is 16.6. The number of nitrogens with two attached hydrogens (primary N) is 1. The van der Waals surface area contributed by atoms with Crippen molar-refractivity contribution in [1.82, 2.24) is 0 Å². The number of hydrogen-bond donors (Lipinski definition) is 1. The topological polar surface area (TPSA) is 47.6 Å². The van der Waals surface area contributed by atoms with Crippen molar-refractivity contribution in [2.45, 2.75) is 32.4 Å². The summed E-state index contributed by atoms with van der Waals surface area (Å²) in [5.41, 5.74) is 10.3. The quantitative estimate of drug-likeness (QED) is 0.865. The number of oxime groups is 1. The molecule has 2 aromatic rings. The lowest BCUT2D eigenvalue weighted by molar-refractivity contribution is -0.00737. The van der Waals surface area contributed by atoms with E-state index in [1.54, 1.807) is 6.07 Å². The number of nitrogens with zero attached hydrogens (tertiary/aromatic N) is 1. The maximum absolute atomic E-state index is 6.11. The van der Waals surface area contributed by atoms with Gasteiger partial charge in [-0.25, -0.2) is 0 Å². The molecule has 0 radical (unpaired) electrons. The molecule has 2 N–H and O–H groups in total. The Morgan fingerprint density at radius 3 is 2.48 bits per heavy atom. The van der Waals surface area contributed by atoms with Crippen LogP contribution in [-0.4, -0.2) is 5.71 Å². The van der Waals surface area contributed by atoms with Crippen LogP contribution in [-0.2, 0) is 17.0 Å². The van der Waals surface area contributed by atoms with Crippen LogP contribution in [0, 0.1) is 6.92 Å². The molecular weight excluding hydrogens is 331 g/mol. The van der Waals surface area contributed by atoms with E-state index in [1.807, 2.05) is 31.2 Å². The Kier molecular flexibility index (Phi) is 4.37. The molecule has 120 valence electrons. The highest BCUT2D eigenvalue weighted by Gasteiger charge is 2.37. The highest BCUT2D eigenvalue weighted by molar-refractivity contribution is 6.34. The summed E-state index contributed by atoms with van der Waals surface area (Å²) in [6, 6.07) is 11.6. The van der Waals surface area contributed by atoms with E-state index in [4.69, 9.17) is 33.8 Å². The summed E-state index contributed by atoms with van der Waals surface area (Å²) in [7, 11) is 0. The molecule has 1 heterocycles. The van der Waals surface area contributed by atoms with Crippen LogP contribution in [0.15, 0.2) is 41.6 Å². The van der Waals surface area contributed by atoms with Crippen LogP contribution in [0.1, 0.15) is 35.6 Å². The van der Waals surface area contributed by atoms with E-state index in [9.17, 15) is 0 Å². The van der Waals surface area contributed by atoms with E-state index in [0.717, 1.165) is 28.0 Å². The molecule has 1 unspecified atom stereocenters. The molecule has 5 heteroatoms. The molecule has 1 aliphatic heterocycles. The van der Waals surface area contributed by atoms with Crippen LogP contribution in [0.4, 0.5) is 0 Å². The molecule has 0 saturated heterocycles. The third-order valence-corrected chi connectivity index (χ3v) is 4.67. The van der Waals surface area contributed by atoms with Crippen molar-refractivity contribution in [3.8, 4) is 0 Å². The lowest BCUT2D eigenvalue weighted by Gasteiger charge is -2.22. The first kappa shape index (κ1) is 16.3. The first-order chi connectivity index (χ1) is 10.9. The molecule has 0 spiro atoms. The summed E-state index contributed by atoms with van der Waals surface area (Å²) in [6.45, 7) is 4.58. The van der Waals surface area contributed by atoms with Crippen molar-refractivity contribution >= 4 is 28.9 Å². The molecule has 2 aromatic carbocycles. The van der Waals surface area contributed by atoms with Gasteiger partial charge in [0.25, 0.3) is 0 Å². The van der Waals surface area contributed by atoms with Gasteiger partial charge in [0.2, 0.25) is 0 Å². The smallest absolute Gasteiger partial charge is 0.165 e. The molecule has 3 rings (SSSR count). The number of aryl methyl sites for hydroxylation is 1. The lowest BCUT2D eigenvalue weighted by Crippen LogP contribution is -2.22. The second-order valence-electron chi connectivity index (χ2n) is 6.04. The van der Waals surface area contributed by atoms with Gasteiger partial charge in [0.1, 0.15) is 0 Å². The van der Waals surface area contributed by atoms with Crippen molar-refractivity contribution in [1.29, 1.82) is 0 Å². The summed E-state index contributed by atoms with van der Waals surface area (Å²) in [5.74, 6) is 0. The van der Waals surface area contributed by atoms with Crippen molar-refractivity contribution in [2.24, 2.45) is 10.9 Å². The van der Waals surface area contributed by atoms with Gasteiger partial charge in [-0.3, -0.25) is 0 Å². The second kappa shape index (κ2) is 6.16. The Morgan fingerprint density at radius 1 is 1.17 bits per heavy atom. The van der Waals surface area contributed by atoms with Crippen LogP contribution in [0.3, 0.4) is 0 Å². The lowest BCUT2D eigenvalue weighted by atomic mass is 9.88. The van der Waals surface area contributed by atoms with E-state index in [-0.39, 0.29) is 0 Å². The summed E-state index contributed by atoms with van der Waals surface area (Å²) in [5, 5.41) is 5.47. The van der Waals surface area contributed by atoms with Gasteiger partial charge in [0.15, 0.2) is 5.60 Å². The van der Waals surface area contributed by atoms with Crippen LogP contribution in [0.2, 0.25) is 10.0 Å². The molecule has 0 aliphatic carbocycles. The van der Waals surface area contributed by atoms with Crippen molar-refractivity contribution in [2.75, 3.05) is 0 Å². The van der Waals surface area contributed by atoms with Gasteiger partial charge in [-0.05, 0) is 54.8 Å². The third kappa shape index (κ3) is 3.23. The van der Waals surface area contributed by atoms with E-state index >= 15 is 0 Å². The zero-order valence-electron chi connectivity index (χ0n) is 13.1. The van der Waals surface area contributed by atoms with E-state index in [2.05, 4.69) is 18.1 Å².